The second-order valence-corrected chi connectivity index (χ2v) is 3.97. The van der Waals surface area contributed by atoms with Gasteiger partial charge in [-0.2, -0.15) is 0 Å². The largest absolute Gasteiger partial charge is 0.352 e. The molecule has 1 heterocycles. The van der Waals surface area contributed by atoms with Gasteiger partial charge in [0.25, 0.3) is 5.91 Å². The molecule has 1 aromatic rings. The molecule has 88 valence electrons. The maximum absolute atomic E-state index is 11.7. The summed E-state index contributed by atoms with van der Waals surface area (Å²) in [6.07, 6.45) is 1.71. The molecule has 4 nitrogen and oxygen atoms in total. The van der Waals surface area contributed by atoms with Crippen molar-refractivity contribution in [1.29, 1.82) is 0 Å². The van der Waals surface area contributed by atoms with Gasteiger partial charge in [-0.25, -0.2) is 0 Å². The lowest BCUT2D eigenvalue weighted by Gasteiger charge is -2.13. The van der Waals surface area contributed by atoms with Crippen LogP contribution >= 0.6 is 12.2 Å². The van der Waals surface area contributed by atoms with Crippen LogP contribution in [0.4, 0.5) is 0 Å². The van der Waals surface area contributed by atoms with Crippen LogP contribution in [0.25, 0.3) is 0 Å². The van der Waals surface area contributed by atoms with Crippen LogP contribution < -0.4 is 5.32 Å². The number of amides is 1. The van der Waals surface area contributed by atoms with Gasteiger partial charge in [-0.05, 0) is 25.7 Å². The summed E-state index contributed by atoms with van der Waals surface area (Å²) >= 11 is 5.03. The van der Waals surface area contributed by atoms with Crippen LogP contribution in [-0.2, 0) is 0 Å². The molecule has 0 bridgehead atoms. The SMILES string of the molecule is CCN(C)CCNC(=O)c1ccc[nH]c1=S. The van der Waals surface area contributed by atoms with E-state index >= 15 is 0 Å². The third-order valence-electron chi connectivity index (χ3n) is 2.38. The van der Waals surface area contributed by atoms with E-state index in [1.54, 1.807) is 18.3 Å². The van der Waals surface area contributed by atoms with Crippen LogP contribution in [0, 0.1) is 4.64 Å². The van der Waals surface area contributed by atoms with E-state index in [-0.39, 0.29) is 5.91 Å². The van der Waals surface area contributed by atoms with Crippen LogP contribution in [0.3, 0.4) is 0 Å². The van der Waals surface area contributed by atoms with E-state index in [4.69, 9.17) is 12.2 Å². The molecule has 0 spiro atoms. The Morgan fingerprint density at radius 3 is 3.00 bits per heavy atom. The fourth-order valence-electron chi connectivity index (χ4n) is 1.21. The number of aromatic nitrogens is 1. The van der Waals surface area contributed by atoms with E-state index < -0.39 is 0 Å². The Kier molecular flexibility index (Phi) is 5.14. The number of carbonyl (C=O) groups is 1. The normalized spacial score (nSPS) is 10.4. The number of likely N-dealkylation sites (N-methyl/N-ethyl adjacent to an activating group) is 1. The minimum absolute atomic E-state index is 0.119. The average Bonchev–Trinajstić information content (AvgIpc) is 2.29. The van der Waals surface area contributed by atoms with Crippen molar-refractivity contribution >= 4 is 18.1 Å². The van der Waals surface area contributed by atoms with Crippen molar-refractivity contribution in [3.05, 3.63) is 28.5 Å². The Morgan fingerprint density at radius 2 is 2.38 bits per heavy atom. The Morgan fingerprint density at radius 1 is 1.62 bits per heavy atom. The first-order chi connectivity index (χ1) is 7.65. The van der Waals surface area contributed by atoms with Gasteiger partial charge in [-0.15, -0.1) is 0 Å². The molecule has 0 aromatic carbocycles. The standard InChI is InChI=1S/C11H17N3OS/c1-3-14(2)8-7-12-10(15)9-5-4-6-13-11(9)16/h4-6H,3,7-8H2,1-2H3,(H,12,15)(H,13,16). The molecular formula is C11H17N3OS. The lowest BCUT2D eigenvalue weighted by molar-refractivity contribution is 0.0949. The highest BCUT2D eigenvalue weighted by Gasteiger charge is 2.06. The zero-order valence-corrected chi connectivity index (χ0v) is 10.4. The predicted molar refractivity (Wildman–Crippen MR) is 67.1 cm³/mol. The van der Waals surface area contributed by atoms with Crippen LogP contribution in [0.1, 0.15) is 17.3 Å². The van der Waals surface area contributed by atoms with Crippen molar-refractivity contribution in [2.24, 2.45) is 0 Å². The van der Waals surface area contributed by atoms with Gasteiger partial charge < -0.3 is 15.2 Å². The van der Waals surface area contributed by atoms with Gasteiger partial charge in [0.1, 0.15) is 4.64 Å². The second kappa shape index (κ2) is 6.40. The van der Waals surface area contributed by atoms with Crippen LogP contribution in [0.2, 0.25) is 0 Å². The van der Waals surface area contributed by atoms with Crippen molar-refractivity contribution in [3.63, 3.8) is 0 Å². The van der Waals surface area contributed by atoms with Crippen molar-refractivity contribution in [3.8, 4) is 0 Å². The van der Waals surface area contributed by atoms with Gasteiger partial charge in [0, 0.05) is 19.3 Å². The molecule has 0 fully saturated rings. The van der Waals surface area contributed by atoms with E-state index in [1.807, 2.05) is 7.05 Å². The van der Waals surface area contributed by atoms with Gasteiger partial charge in [0.15, 0.2) is 0 Å². The van der Waals surface area contributed by atoms with Crippen molar-refractivity contribution in [2.75, 3.05) is 26.7 Å². The Balaban J connectivity index is 2.48. The number of hydrogen-bond acceptors (Lipinski definition) is 3. The highest BCUT2D eigenvalue weighted by Crippen LogP contribution is 1.98. The number of nitrogens with one attached hydrogen (secondary N) is 2. The molecule has 2 N–H and O–H groups in total. The summed E-state index contributed by atoms with van der Waals surface area (Å²) < 4.78 is 0.476. The summed E-state index contributed by atoms with van der Waals surface area (Å²) in [5.74, 6) is -0.119. The minimum Gasteiger partial charge on any atom is -0.352 e. The van der Waals surface area contributed by atoms with Crippen LogP contribution in [-0.4, -0.2) is 42.5 Å². The van der Waals surface area contributed by atoms with Crippen LogP contribution in [0.15, 0.2) is 18.3 Å². The molecular weight excluding hydrogens is 222 g/mol. The van der Waals surface area contributed by atoms with Gasteiger partial charge in [0.2, 0.25) is 0 Å². The van der Waals surface area contributed by atoms with E-state index in [2.05, 4.69) is 22.1 Å². The Hall–Kier alpha value is -1.20. The highest BCUT2D eigenvalue weighted by molar-refractivity contribution is 7.71. The summed E-state index contributed by atoms with van der Waals surface area (Å²) in [6, 6.07) is 3.49. The third-order valence-corrected chi connectivity index (χ3v) is 2.72. The molecule has 0 saturated heterocycles. The van der Waals surface area contributed by atoms with E-state index in [0.717, 1.165) is 13.1 Å². The number of rotatable bonds is 5. The topological polar surface area (TPSA) is 48.1 Å². The number of carbonyl (C=O) groups excluding carboxylic acids is 1. The van der Waals surface area contributed by atoms with Gasteiger partial charge in [0.05, 0.1) is 5.56 Å². The maximum atomic E-state index is 11.7. The van der Waals surface area contributed by atoms with Gasteiger partial charge in [-0.1, -0.05) is 19.1 Å². The second-order valence-electron chi connectivity index (χ2n) is 3.56. The fraction of sp³-hybridized carbons (Fsp3) is 0.455. The maximum Gasteiger partial charge on any atom is 0.254 e. The first kappa shape index (κ1) is 12.9. The first-order valence-corrected chi connectivity index (χ1v) is 5.70. The third kappa shape index (κ3) is 3.75. The molecule has 0 unspecified atom stereocenters. The molecule has 5 heteroatoms. The van der Waals surface area contributed by atoms with Crippen molar-refractivity contribution in [1.82, 2.24) is 15.2 Å². The summed E-state index contributed by atoms with van der Waals surface area (Å²) in [7, 11) is 2.01. The molecule has 16 heavy (non-hydrogen) atoms. The number of pyridine rings is 1. The molecule has 0 atom stereocenters. The predicted octanol–water partition coefficient (Wildman–Crippen LogP) is 1.43. The molecule has 0 radical (unpaired) electrons. The van der Waals surface area contributed by atoms with E-state index in [1.165, 1.54) is 0 Å². The molecule has 1 aromatic heterocycles. The molecule has 1 amide bonds. The summed E-state index contributed by atoms with van der Waals surface area (Å²) in [4.78, 5) is 16.7. The van der Waals surface area contributed by atoms with Crippen LogP contribution in [0.5, 0.6) is 0 Å². The zero-order chi connectivity index (χ0) is 12.0. The zero-order valence-electron chi connectivity index (χ0n) is 9.62. The van der Waals surface area contributed by atoms with Gasteiger partial charge >= 0.3 is 0 Å². The summed E-state index contributed by atoms with van der Waals surface area (Å²) in [6.45, 7) is 4.52. The Labute approximate surface area is 101 Å². The molecule has 0 saturated carbocycles. The average molecular weight is 239 g/mol. The number of H-pyrrole nitrogens is 1. The van der Waals surface area contributed by atoms with Gasteiger partial charge in [-0.3, -0.25) is 4.79 Å². The minimum atomic E-state index is -0.119. The van der Waals surface area contributed by atoms with Crippen molar-refractivity contribution in [2.45, 2.75) is 6.92 Å². The first-order valence-electron chi connectivity index (χ1n) is 5.29. The quantitative estimate of drug-likeness (QED) is 0.764. The van der Waals surface area contributed by atoms with E-state index in [0.29, 0.717) is 16.7 Å². The molecule has 1 rings (SSSR count). The van der Waals surface area contributed by atoms with E-state index in [9.17, 15) is 4.79 Å². The monoisotopic (exact) mass is 239 g/mol. The fourth-order valence-corrected chi connectivity index (χ4v) is 1.44. The Bertz CT molecular complexity index is 402. The number of hydrogen-bond donors (Lipinski definition) is 2. The molecule has 0 aliphatic heterocycles. The van der Waals surface area contributed by atoms with Crippen molar-refractivity contribution < 1.29 is 4.79 Å². The highest BCUT2D eigenvalue weighted by atomic mass is 32.1. The lowest BCUT2D eigenvalue weighted by Crippen LogP contribution is -2.33. The number of nitrogens with zero attached hydrogens (tertiary/aromatic N) is 1. The lowest BCUT2D eigenvalue weighted by atomic mass is 10.3. The molecule has 0 aliphatic carbocycles. The molecule has 0 aliphatic rings. The summed E-state index contributed by atoms with van der Waals surface area (Å²) in [5, 5.41) is 2.84. The summed E-state index contributed by atoms with van der Waals surface area (Å²) in [5.41, 5.74) is 0.525. The smallest absolute Gasteiger partial charge is 0.254 e. The number of aromatic amines is 1.